The van der Waals surface area contributed by atoms with Gasteiger partial charge in [-0.15, -0.1) is 0 Å². The second kappa shape index (κ2) is 8.21. The topological polar surface area (TPSA) is 15.8 Å². The van der Waals surface area contributed by atoms with E-state index in [1.807, 2.05) is 25.3 Å². The summed E-state index contributed by atoms with van der Waals surface area (Å²) in [5.41, 5.74) is 5.37. The van der Waals surface area contributed by atoms with Gasteiger partial charge in [-0.05, 0) is 65.3 Å². The van der Waals surface area contributed by atoms with Gasteiger partial charge < -0.3 is 4.98 Å². The molecule has 4 rings (SSSR count). The highest BCUT2D eigenvalue weighted by Gasteiger charge is 2.25. The number of para-hydroxylation sites is 1. The fourth-order valence-electron chi connectivity index (χ4n) is 3.95. The summed E-state index contributed by atoms with van der Waals surface area (Å²) >= 11 is 7.75. The molecule has 0 spiro atoms. The van der Waals surface area contributed by atoms with Crippen molar-refractivity contribution in [2.24, 2.45) is 0 Å². The molecule has 1 aromatic heterocycles. The third-order valence-corrected chi connectivity index (χ3v) is 6.10. The summed E-state index contributed by atoms with van der Waals surface area (Å²) in [6.07, 6.45) is 4.01. The molecule has 1 unspecified atom stereocenters. The highest BCUT2D eigenvalue weighted by molar-refractivity contribution is 7.97. The van der Waals surface area contributed by atoms with Gasteiger partial charge >= 0.3 is 0 Å². The smallest absolute Gasteiger partial charge is 0.128 e. The molecule has 1 atom stereocenters. The van der Waals surface area contributed by atoms with Gasteiger partial charge in [0.05, 0.1) is 0 Å². The van der Waals surface area contributed by atoms with E-state index < -0.39 is 0 Å². The predicted molar refractivity (Wildman–Crippen MR) is 119 cm³/mol. The van der Waals surface area contributed by atoms with Crippen LogP contribution in [0.2, 0.25) is 5.02 Å². The van der Waals surface area contributed by atoms with Gasteiger partial charge in [0.15, 0.2) is 0 Å². The van der Waals surface area contributed by atoms with Crippen molar-refractivity contribution in [1.29, 1.82) is 0 Å². The van der Waals surface area contributed by atoms with E-state index in [1.54, 1.807) is 30.0 Å². The summed E-state index contributed by atoms with van der Waals surface area (Å²) in [4.78, 5) is 3.39. The number of benzene rings is 3. The number of aryl methyl sites for hydroxylation is 1. The van der Waals surface area contributed by atoms with E-state index >= 15 is 4.39 Å². The fourth-order valence-corrected chi connectivity index (χ4v) is 4.67. The molecule has 0 saturated heterocycles. The van der Waals surface area contributed by atoms with Gasteiger partial charge in [0.25, 0.3) is 0 Å². The Hall–Kier alpha value is -2.30. The Morgan fingerprint density at radius 2 is 1.79 bits per heavy atom. The van der Waals surface area contributed by atoms with Crippen molar-refractivity contribution >= 4 is 34.3 Å². The number of aromatic amines is 1. The van der Waals surface area contributed by atoms with Crippen molar-refractivity contribution in [3.8, 4) is 0 Å². The Labute approximate surface area is 178 Å². The number of rotatable bonds is 5. The second-order valence-electron chi connectivity index (χ2n) is 7.12. The van der Waals surface area contributed by atoms with E-state index in [1.165, 1.54) is 23.8 Å². The Bertz CT molecular complexity index is 1130. The molecule has 29 heavy (non-hydrogen) atoms. The molecular weight excluding hydrogens is 408 g/mol. The molecule has 1 heterocycles. The van der Waals surface area contributed by atoms with Crippen LogP contribution in [-0.4, -0.2) is 11.2 Å². The molecule has 3 aromatic carbocycles. The minimum Gasteiger partial charge on any atom is -0.361 e. The van der Waals surface area contributed by atoms with E-state index in [9.17, 15) is 4.39 Å². The Morgan fingerprint density at radius 3 is 2.52 bits per heavy atom. The number of aromatic nitrogens is 1. The third-order valence-electron chi connectivity index (χ3n) is 5.26. The van der Waals surface area contributed by atoms with E-state index in [4.69, 9.17) is 11.6 Å². The quantitative estimate of drug-likeness (QED) is 0.349. The van der Waals surface area contributed by atoms with E-state index in [0.717, 1.165) is 33.3 Å². The second-order valence-corrected chi connectivity index (χ2v) is 8.42. The molecule has 1 nitrogen and oxygen atoms in total. The fraction of sp³-hybridized carbons (Fsp3) is 0.167. The number of fused-ring (bicyclic) bond motifs is 1. The number of nitrogens with one attached hydrogen (secondary N) is 1. The number of hydrogen-bond donors (Lipinski definition) is 1. The first kappa shape index (κ1) is 20.0. The summed E-state index contributed by atoms with van der Waals surface area (Å²) in [7, 11) is 0. The average molecular weight is 428 g/mol. The van der Waals surface area contributed by atoms with Crippen LogP contribution in [0.15, 0.2) is 60.8 Å². The van der Waals surface area contributed by atoms with Crippen LogP contribution in [0.25, 0.3) is 10.9 Å². The molecule has 1 N–H and O–H groups in total. The van der Waals surface area contributed by atoms with Crippen molar-refractivity contribution in [3.63, 3.8) is 0 Å². The molecule has 0 fully saturated rings. The standard InChI is InChI=1S/C24H20ClF2NS/c1-14-10-17(26)7-9-18(14)23(20-8-6-16(25)11-22(20)27)21-12-28-24-15(13-29-2)4-3-5-19(21)24/h3-12,23,28H,13H2,1-2H3. The Morgan fingerprint density at radius 1 is 1.00 bits per heavy atom. The number of halogens is 3. The van der Waals surface area contributed by atoms with Crippen LogP contribution in [0.1, 0.15) is 33.7 Å². The van der Waals surface area contributed by atoms with Crippen LogP contribution in [0.5, 0.6) is 0 Å². The van der Waals surface area contributed by atoms with Gasteiger partial charge in [-0.2, -0.15) is 11.8 Å². The predicted octanol–water partition coefficient (Wildman–Crippen LogP) is 7.45. The van der Waals surface area contributed by atoms with Gasteiger partial charge in [-0.3, -0.25) is 0 Å². The van der Waals surface area contributed by atoms with Gasteiger partial charge in [0.2, 0.25) is 0 Å². The molecule has 5 heteroatoms. The average Bonchev–Trinajstić information content (AvgIpc) is 3.10. The van der Waals surface area contributed by atoms with Gasteiger partial charge in [-0.25, -0.2) is 8.78 Å². The SMILES string of the molecule is CSCc1cccc2c(C(c3ccc(F)cc3C)c3ccc(Cl)cc3F)c[nH]c12. The largest absolute Gasteiger partial charge is 0.361 e. The zero-order chi connectivity index (χ0) is 20.5. The molecule has 0 aliphatic rings. The molecule has 0 aliphatic carbocycles. The van der Waals surface area contributed by atoms with Crippen molar-refractivity contribution < 1.29 is 8.78 Å². The summed E-state index contributed by atoms with van der Waals surface area (Å²) in [6, 6.07) is 15.6. The monoisotopic (exact) mass is 427 g/mol. The summed E-state index contributed by atoms with van der Waals surface area (Å²) in [6.45, 7) is 1.85. The van der Waals surface area contributed by atoms with Crippen LogP contribution in [0.3, 0.4) is 0 Å². The first-order valence-electron chi connectivity index (χ1n) is 9.28. The highest BCUT2D eigenvalue weighted by atomic mass is 35.5. The molecule has 0 radical (unpaired) electrons. The Balaban J connectivity index is 1.98. The van der Waals surface area contributed by atoms with E-state index in [-0.39, 0.29) is 17.6 Å². The van der Waals surface area contributed by atoms with Crippen molar-refractivity contribution in [1.82, 2.24) is 4.98 Å². The molecule has 0 bridgehead atoms. The zero-order valence-corrected chi connectivity index (χ0v) is 17.7. The van der Waals surface area contributed by atoms with Crippen LogP contribution in [0, 0.1) is 18.6 Å². The van der Waals surface area contributed by atoms with E-state index in [0.29, 0.717) is 10.6 Å². The lowest BCUT2D eigenvalue weighted by atomic mass is 9.82. The van der Waals surface area contributed by atoms with Crippen LogP contribution >= 0.6 is 23.4 Å². The van der Waals surface area contributed by atoms with Crippen LogP contribution < -0.4 is 0 Å². The van der Waals surface area contributed by atoms with Crippen LogP contribution in [-0.2, 0) is 5.75 Å². The van der Waals surface area contributed by atoms with Gasteiger partial charge in [0, 0.05) is 33.8 Å². The lowest BCUT2D eigenvalue weighted by Gasteiger charge is -2.21. The number of thioether (sulfide) groups is 1. The third kappa shape index (κ3) is 3.79. The molecule has 148 valence electrons. The summed E-state index contributed by atoms with van der Waals surface area (Å²) < 4.78 is 28.8. The normalized spacial score (nSPS) is 12.4. The number of hydrogen-bond acceptors (Lipinski definition) is 1. The highest BCUT2D eigenvalue weighted by Crippen LogP contribution is 2.40. The van der Waals surface area contributed by atoms with E-state index in [2.05, 4.69) is 17.3 Å². The maximum absolute atomic E-state index is 15.0. The molecule has 0 aliphatic heterocycles. The lowest BCUT2D eigenvalue weighted by molar-refractivity contribution is 0.605. The lowest BCUT2D eigenvalue weighted by Crippen LogP contribution is -2.07. The number of H-pyrrole nitrogens is 1. The molecule has 0 amide bonds. The van der Waals surface area contributed by atoms with Gasteiger partial charge in [0.1, 0.15) is 11.6 Å². The minimum atomic E-state index is -0.383. The molecule has 4 aromatic rings. The maximum atomic E-state index is 15.0. The summed E-state index contributed by atoms with van der Waals surface area (Å²) in [5, 5.41) is 1.39. The van der Waals surface area contributed by atoms with Crippen molar-refractivity contribution in [3.05, 3.63) is 105 Å². The van der Waals surface area contributed by atoms with Crippen LogP contribution in [0.4, 0.5) is 8.78 Å². The maximum Gasteiger partial charge on any atom is 0.128 e. The molecular formula is C24H20ClF2NS. The molecule has 0 saturated carbocycles. The van der Waals surface area contributed by atoms with Gasteiger partial charge in [-0.1, -0.05) is 41.9 Å². The summed E-state index contributed by atoms with van der Waals surface area (Å²) in [5.74, 6) is -0.179. The van der Waals surface area contributed by atoms with Crippen molar-refractivity contribution in [2.45, 2.75) is 18.6 Å². The first-order valence-corrected chi connectivity index (χ1v) is 11.1. The Kier molecular flexibility index (Phi) is 5.66. The zero-order valence-electron chi connectivity index (χ0n) is 16.1. The minimum absolute atomic E-state index is 0.303. The first-order chi connectivity index (χ1) is 14.0. The van der Waals surface area contributed by atoms with Crippen molar-refractivity contribution in [2.75, 3.05) is 6.26 Å².